The lowest BCUT2D eigenvalue weighted by Crippen LogP contribution is -2.47. The maximum absolute atomic E-state index is 5.06. The Kier molecular flexibility index (Phi) is 4.75. The molecule has 2 aliphatic rings. The Labute approximate surface area is 150 Å². The second-order valence-electron chi connectivity index (χ2n) is 7.48. The first-order valence-electron chi connectivity index (χ1n) is 9.73. The van der Waals surface area contributed by atoms with E-state index >= 15 is 0 Å². The van der Waals surface area contributed by atoms with Crippen molar-refractivity contribution in [2.45, 2.75) is 26.7 Å². The van der Waals surface area contributed by atoms with Gasteiger partial charge in [0, 0.05) is 44.7 Å². The van der Waals surface area contributed by atoms with Gasteiger partial charge in [0.2, 0.25) is 5.95 Å². The van der Waals surface area contributed by atoms with Crippen LogP contribution in [0.5, 0.6) is 0 Å². The largest absolute Gasteiger partial charge is 0.356 e. The van der Waals surface area contributed by atoms with Gasteiger partial charge in [0.05, 0.1) is 5.52 Å². The molecule has 0 amide bonds. The van der Waals surface area contributed by atoms with Gasteiger partial charge in [0.1, 0.15) is 5.82 Å². The normalized spacial score (nSPS) is 22.6. The van der Waals surface area contributed by atoms with Crippen molar-refractivity contribution in [3.8, 4) is 0 Å². The quantitative estimate of drug-likeness (QED) is 0.859. The van der Waals surface area contributed by atoms with Crippen molar-refractivity contribution in [3.63, 3.8) is 0 Å². The molecule has 1 aromatic carbocycles. The Bertz CT molecular complexity index is 723. The predicted molar refractivity (Wildman–Crippen MR) is 104 cm³/mol. The first-order chi connectivity index (χ1) is 12.2. The van der Waals surface area contributed by atoms with E-state index in [9.17, 15) is 0 Å². The lowest BCUT2D eigenvalue weighted by molar-refractivity contribution is 0.270. The summed E-state index contributed by atoms with van der Waals surface area (Å²) in [6.45, 7) is 12.1. The number of piperazine rings is 1. The van der Waals surface area contributed by atoms with E-state index < -0.39 is 0 Å². The third-order valence-corrected chi connectivity index (χ3v) is 5.63. The van der Waals surface area contributed by atoms with E-state index in [4.69, 9.17) is 9.97 Å². The molecule has 0 aliphatic carbocycles. The fourth-order valence-corrected chi connectivity index (χ4v) is 4.08. The van der Waals surface area contributed by atoms with Crippen LogP contribution in [0.4, 0.5) is 11.8 Å². The molecule has 5 heteroatoms. The van der Waals surface area contributed by atoms with Crippen LogP contribution in [0.25, 0.3) is 10.9 Å². The molecule has 25 heavy (non-hydrogen) atoms. The maximum Gasteiger partial charge on any atom is 0.227 e. The lowest BCUT2D eigenvalue weighted by Gasteiger charge is -2.36. The molecule has 134 valence electrons. The lowest BCUT2D eigenvalue weighted by atomic mass is 10.00. The Balaban J connectivity index is 1.69. The summed E-state index contributed by atoms with van der Waals surface area (Å²) in [5.41, 5.74) is 1.07. The average Bonchev–Trinajstić information content (AvgIpc) is 2.67. The molecule has 0 spiro atoms. The van der Waals surface area contributed by atoms with E-state index in [1.165, 1.54) is 18.2 Å². The minimum Gasteiger partial charge on any atom is -0.356 e. The highest BCUT2D eigenvalue weighted by molar-refractivity contribution is 5.90. The van der Waals surface area contributed by atoms with E-state index in [1.54, 1.807) is 0 Å². The molecule has 0 bridgehead atoms. The summed E-state index contributed by atoms with van der Waals surface area (Å²) < 4.78 is 0. The van der Waals surface area contributed by atoms with Crippen LogP contribution in [0.3, 0.4) is 0 Å². The number of benzene rings is 1. The zero-order chi connectivity index (χ0) is 17.2. The number of fused-ring (bicyclic) bond motifs is 1. The fourth-order valence-electron chi connectivity index (χ4n) is 4.08. The van der Waals surface area contributed by atoms with Gasteiger partial charge in [-0.25, -0.2) is 4.98 Å². The zero-order valence-corrected chi connectivity index (χ0v) is 15.5. The standard InChI is InChI=1S/C20H29N5/c1-3-23-11-13-24(14-12-23)20-21-18-9-5-4-8-17(18)19(22-20)25-10-6-7-16(2)15-25/h4-5,8-9,16H,3,6-7,10-15H2,1-2H3. The second-order valence-corrected chi connectivity index (χ2v) is 7.48. The number of nitrogens with zero attached hydrogens (tertiary/aromatic N) is 5. The van der Waals surface area contributed by atoms with Crippen LogP contribution in [-0.4, -0.2) is 60.7 Å². The van der Waals surface area contributed by atoms with Crippen LogP contribution in [0, 0.1) is 5.92 Å². The van der Waals surface area contributed by atoms with Gasteiger partial charge < -0.3 is 14.7 Å². The van der Waals surface area contributed by atoms with Gasteiger partial charge in [-0.3, -0.25) is 0 Å². The molecule has 5 nitrogen and oxygen atoms in total. The number of likely N-dealkylation sites (N-methyl/N-ethyl adjacent to an activating group) is 1. The molecule has 0 radical (unpaired) electrons. The number of hydrogen-bond donors (Lipinski definition) is 0. The highest BCUT2D eigenvalue weighted by Crippen LogP contribution is 2.30. The Hall–Kier alpha value is -1.88. The Morgan fingerprint density at radius 1 is 1.00 bits per heavy atom. The summed E-state index contributed by atoms with van der Waals surface area (Å²) in [5.74, 6) is 2.77. The monoisotopic (exact) mass is 339 g/mol. The van der Waals surface area contributed by atoms with E-state index in [0.29, 0.717) is 0 Å². The molecule has 3 heterocycles. The van der Waals surface area contributed by atoms with Crippen LogP contribution < -0.4 is 9.80 Å². The van der Waals surface area contributed by atoms with Gasteiger partial charge in [0.15, 0.2) is 0 Å². The Morgan fingerprint density at radius 3 is 2.56 bits per heavy atom. The topological polar surface area (TPSA) is 35.5 Å². The van der Waals surface area contributed by atoms with E-state index in [2.05, 4.69) is 52.8 Å². The molecular formula is C20H29N5. The van der Waals surface area contributed by atoms with E-state index in [1.807, 2.05) is 0 Å². The van der Waals surface area contributed by atoms with E-state index in [-0.39, 0.29) is 0 Å². The predicted octanol–water partition coefficient (Wildman–Crippen LogP) is 3.01. The molecule has 4 rings (SSSR count). The highest BCUT2D eigenvalue weighted by atomic mass is 15.3. The zero-order valence-electron chi connectivity index (χ0n) is 15.5. The third-order valence-electron chi connectivity index (χ3n) is 5.63. The van der Waals surface area contributed by atoms with Crippen LogP contribution in [0.15, 0.2) is 24.3 Å². The first kappa shape index (κ1) is 16.6. The van der Waals surface area contributed by atoms with Gasteiger partial charge in [0.25, 0.3) is 0 Å². The molecule has 1 atom stereocenters. The maximum atomic E-state index is 5.06. The smallest absolute Gasteiger partial charge is 0.227 e. The average molecular weight is 339 g/mol. The minimum atomic E-state index is 0.735. The van der Waals surface area contributed by atoms with Crippen molar-refractivity contribution < 1.29 is 0 Å². The summed E-state index contributed by atoms with van der Waals surface area (Å²) in [4.78, 5) is 17.3. The van der Waals surface area contributed by atoms with Crippen molar-refractivity contribution >= 4 is 22.7 Å². The van der Waals surface area contributed by atoms with Crippen LogP contribution in [0.1, 0.15) is 26.7 Å². The molecule has 2 fully saturated rings. The SMILES string of the molecule is CCN1CCN(c2nc(N3CCCC(C)C3)c3ccccc3n2)CC1. The summed E-state index contributed by atoms with van der Waals surface area (Å²) in [6.07, 6.45) is 2.58. The van der Waals surface area contributed by atoms with Gasteiger partial charge in [-0.2, -0.15) is 4.98 Å². The fraction of sp³-hybridized carbons (Fsp3) is 0.600. The summed E-state index contributed by atoms with van der Waals surface area (Å²) in [6, 6.07) is 8.47. The number of rotatable bonds is 3. The molecule has 1 unspecified atom stereocenters. The van der Waals surface area contributed by atoms with Gasteiger partial charge in [-0.1, -0.05) is 26.0 Å². The number of piperidine rings is 1. The summed E-state index contributed by atoms with van der Waals surface area (Å²) in [5, 5.41) is 1.19. The Morgan fingerprint density at radius 2 is 1.80 bits per heavy atom. The van der Waals surface area contributed by atoms with E-state index in [0.717, 1.165) is 69.0 Å². The number of aromatic nitrogens is 2. The molecular weight excluding hydrogens is 310 g/mol. The summed E-state index contributed by atoms with van der Waals surface area (Å²) >= 11 is 0. The highest BCUT2D eigenvalue weighted by Gasteiger charge is 2.23. The first-order valence-corrected chi connectivity index (χ1v) is 9.73. The third kappa shape index (κ3) is 3.43. The van der Waals surface area contributed by atoms with Crippen molar-refractivity contribution in [2.24, 2.45) is 5.92 Å². The van der Waals surface area contributed by atoms with Crippen LogP contribution in [0.2, 0.25) is 0 Å². The molecule has 2 aromatic rings. The molecule has 1 aromatic heterocycles. The van der Waals surface area contributed by atoms with Gasteiger partial charge >= 0.3 is 0 Å². The molecule has 0 saturated carbocycles. The second kappa shape index (κ2) is 7.16. The summed E-state index contributed by atoms with van der Waals surface area (Å²) in [7, 11) is 0. The van der Waals surface area contributed by atoms with Crippen molar-refractivity contribution in [2.75, 3.05) is 55.6 Å². The van der Waals surface area contributed by atoms with Gasteiger partial charge in [-0.15, -0.1) is 0 Å². The van der Waals surface area contributed by atoms with Crippen molar-refractivity contribution in [1.82, 2.24) is 14.9 Å². The van der Waals surface area contributed by atoms with Crippen molar-refractivity contribution in [1.29, 1.82) is 0 Å². The molecule has 0 N–H and O–H groups in total. The van der Waals surface area contributed by atoms with Crippen LogP contribution >= 0.6 is 0 Å². The molecule has 2 saturated heterocycles. The number of anilines is 2. The molecule has 2 aliphatic heterocycles. The van der Waals surface area contributed by atoms with Gasteiger partial charge in [-0.05, 0) is 37.4 Å². The number of para-hydroxylation sites is 1. The number of hydrogen-bond acceptors (Lipinski definition) is 5. The van der Waals surface area contributed by atoms with Crippen molar-refractivity contribution in [3.05, 3.63) is 24.3 Å². The van der Waals surface area contributed by atoms with Crippen LogP contribution in [-0.2, 0) is 0 Å². The minimum absolute atomic E-state index is 0.735.